The third kappa shape index (κ3) is 5.12. The monoisotopic (exact) mass is 542 g/mol. The summed E-state index contributed by atoms with van der Waals surface area (Å²) in [6.07, 6.45) is 1.81. The maximum atomic E-state index is 13.3. The Morgan fingerprint density at radius 3 is 2.39 bits per heavy atom. The van der Waals surface area contributed by atoms with Gasteiger partial charge in [0.1, 0.15) is 11.3 Å². The fourth-order valence-corrected chi connectivity index (χ4v) is 4.54. The summed E-state index contributed by atoms with van der Waals surface area (Å²) in [4.78, 5) is 39.4. The zero-order chi connectivity index (χ0) is 26.0. The fraction of sp³-hybridized carbons (Fsp3) is 0.148. The molecule has 6 nitrogen and oxygen atoms in total. The Balaban J connectivity index is 1.75. The smallest absolute Gasteiger partial charge is 0.335 e. The molecule has 3 aromatic carbocycles. The molecule has 1 heterocycles. The lowest BCUT2D eigenvalue weighted by Crippen LogP contribution is -2.54. The average Bonchev–Trinajstić information content (AvgIpc) is 2.83. The quantitative estimate of drug-likeness (QED) is 0.280. The SMILES string of the molecule is CCOc1cc(/C=C2\C(=O)NC(=O)N(c3cccc(Cl)c3C)C2=O)cc(Cl)c1Cc1ccccc1Cl. The summed E-state index contributed by atoms with van der Waals surface area (Å²) < 4.78 is 5.83. The zero-order valence-electron chi connectivity index (χ0n) is 19.4. The van der Waals surface area contributed by atoms with Crippen molar-refractivity contribution in [2.45, 2.75) is 20.3 Å². The number of ether oxygens (including phenoxy) is 1. The van der Waals surface area contributed by atoms with Crippen LogP contribution in [0.25, 0.3) is 6.08 Å². The highest BCUT2D eigenvalue weighted by atomic mass is 35.5. The van der Waals surface area contributed by atoms with Gasteiger partial charge in [-0.25, -0.2) is 9.69 Å². The summed E-state index contributed by atoms with van der Waals surface area (Å²) in [6.45, 7) is 3.90. The maximum absolute atomic E-state index is 13.3. The van der Waals surface area contributed by atoms with Crippen LogP contribution in [0.4, 0.5) is 10.5 Å². The fourth-order valence-electron chi connectivity index (χ4n) is 3.88. The number of benzene rings is 3. The number of halogens is 3. The summed E-state index contributed by atoms with van der Waals surface area (Å²) >= 11 is 19.1. The molecule has 3 aromatic rings. The van der Waals surface area contributed by atoms with Gasteiger partial charge in [0.25, 0.3) is 11.8 Å². The molecule has 1 aliphatic rings. The molecule has 4 rings (SSSR count). The third-order valence-corrected chi connectivity index (χ3v) is 6.81. The number of urea groups is 1. The Morgan fingerprint density at radius 2 is 1.67 bits per heavy atom. The number of barbiturate groups is 1. The van der Waals surface area contributed by atoms with Gasteiger partial charge in [0, 0.05) is 27.1 Å². The van der Waals surface area contributed by atoms with Crippen molar-refractivity contribution in [1.82, 2.24) is 5.32 Å². The van der Waals surface area contributed by atoms with E-state index in [0.29, 0.717) is 45.0 Å². The third-order valence-electron chi connectivity index (χ3n) is 5.69. The van der Waals surface area contributed by atoms with Crippen molar-refractivity contribution in [3.63, 3.8) is 0 Å². The van der Waals surface area contributed by atoms with E-state index in [1.165, 1.54) is 6.08 Å². The van der Waals surface area contributed by atoms with Crippen molar-refractivity contribution in [3.05, 3.63) is 97.5 Å². The van der Waals surface area contributed by atoms with E-state index in [9.17, 15) is 14.4 Å². The Labute approximate surface area is 223 Å². The van der Waals surface area contributed by atoms with Gasteiger partial charge in [0.2, 0.25) is 0 Å². The summed E-state index contributed by atoms with van der Waals surface area (Å²) in [6, 6.07) is 14.8. The summed E-state index contributed by atoms with van der Waals surface area (Å²) in [5, 5.41) is 3.59. The standard InChI is InChI=1S/C27H21Cl3N2O4/c1-3-36-24-13-16(12-22(30)18(24)14-17-7-4-5-8-21(17)29)11-19-25(33)31-27(35)32(26(19)34)23-10-6-9-20(28)15(23)2/h4-13H,3,14H2,1-2H3,(H,31,33,35)/b19-11+. The first-order chi connectivity index (χ1) is 17.2. The number of carbonyl (C=O) groups is 3. The second kappa shape index (κ2) is 10.7. The molecule has 184 valence electrons. The molecule has 0 aliphatic carbocycles. The van der Waals surface area contributed by atoms with E-state index in [1.54, 1.807) is 43.3 Å². The first-order valence-corrected chi connectivity index (χ1v) is 12.2. The summed E-state index contributed by atoms with van der Waals surface area (Å²) in [7, 11) is 0. The van der Waals surface area contributed by atoms with Crippen molar-refractivity contribution >= 4 is 64.4 Å². The molecule has 9 heteroatoms. The number of nitrogens with one attached hydrogen (secondary N) is 1. The second-order valence-corrected chi connectivity index (χ2v) is 9.24. The van der Waals surface area contributed by atoms with Crippen LogP contribution in [-0.2, 0) is 16.0 Å². The largest absolute Gasteiger partial charge is 0.494 e. The van der Waals surface area contributed by atoms with Crippen LogP contribution in [0.3, 0.4) is 0 Å². The summed E-state index contributed by atoms with van der Waals surface area (Å²) in [5.74, 6) is -1.09. The topological polar surface area (TPSA) is 75.7 Å². The number of carbonyl (C=O) groups excluding carboxylic acids is 3. The number of anilines is 1. The Bertz CT molecular complexity index is 1420. The Kier molecular flexibility index (Phi) is 7.69. The van der Waals surface area contributed by atoms with E-state index < -0.39 is 17.8 Å². The minimum Gasteiger partial charge on any atom is -0.494 e. The lowest BCUT2D eigenvalue weighted by molar-refractivity contribution is -0.122. The highest BCUT2D eigenvalue weighted by Crippen LogP contribution is 2.34. The molecule has 0 atom stereocenters. The van der Waals surface area contributed by atoms with E-state index in [1.807, 2.05) is 25.1 Å². The normalized spacial score (nSPS) is 14.9. The van der Waals surface area contributed by atoms with E-state index >= 15 is 0 Å². The first-order valence-electron chi connectivity index (χ1n) is 11.1. The predicted molar refractivity (Wildman–Crippen MR) is 142 cm³/mol. The molecule has 36 heavy (non-hydrogen) atoms. The molecule has 0 aromatic heterocycles. The van der Waals surface area contributed by atoms with Gasteiger partial charge in [-0.15, -0.1) is 0 Å². The van der Waals surface area contributed by atoms with Gasteiger partial charge in [-0.05, 0) is 66.9 Å². The molecule has 1 N–H and O–H groups in total. The molecule has 1 aliphatic heterocycles. The van der Waals surface area contributed by atoms with E-state index in [-0.39, 0.29) is 11.3 Å². The lowest BCUT2D eigenvalue weighted by atomic mass is 10.00. The number of nitrogens with zero attached hydrogens (tertiary/aromatic N) is 1. The molecule has 0 unspecified atom stereocenters. The zero-order valence-corrected chi connectivity index (χ0v) is 21.7. The van der Waals surface area contributed by atoms with E-state index in [0.717, 1.165) is 16.0 Å². The van der Waals surface area contributed by atoms with Crippen molar-refractivity contribution < 1.29 is 19.1 Å². The molecule has 0 radical (unpaired) electrons. The van der Waals surface area contributed by atoms with Gasteiger partial charge in [-0.1, -0.05) is 59.1 Å². The van der Waals surface area contributed by atoms with E-state index in [4.69, 9.17) is 39.5 Å². The van der Waals surface area contributed by atoms with Crippen LogP contribution in [-0.4, -0.2) is 24.5 Å². The average molecular weight is 544 g/mol. The Hall–Kier alpha value is -3.32. The number of amides is 4. The molecule has 0 bridgehead atoms. The molecular weight excluding hydrogens is 523 g/mol. The van der Waals surface area contributed by atoms with Gasteiger partial charge in [0.05, 0.1) is 12.3 Å². The number of rotatable bonds is 6. The van der Waals surface area contributed by atoms with Crippen LogP contribution >= 0.6 is 34.8 Å². The van der Waals surface area contributed by atoms with E-state index in [2.05, 4.69) is 5.32 Å². The van der Waals surface area contributed by atoms with Gasteiger partial charge in [-0.3, -0.25) is 14.9 Å². The highest BCUT2D eigenvalue weighted by Gasteiger charge is 2.37. The highest BCUT2D eigenvalue weighted by molar-refractivity contribution is 6.40. The van der Waals surface area contributed by atoms with Crippen molar-refractivity contribution in [1.29, 1.82) is 0 Å². The Morgan fingerprint density at radius 1 is 0.944 bits per heavy atom. The van der Waals surface area contributed by atoms with Crippen molar-refractivity contribution in [2.75, 3.05) is 11.5 Å². The van der Waals surface area contributed by atoms with Crippen molar-refractivity contribution in [3.8, 4) is 5.75 Å². The first kappa shape index (κ1) is 25.8. The minimum absolute atomic E-state index is 0.230. The number of hydrogen-bond acceptors (Lipinski definition) is 4. The summed E-state index contributed by atoms with van der Waals surface area (Å²) in [5.41, 5.74) is 2.64. The van der Waals surface area contributed by atoms with Crippen LogP contribution in [0.15, 0.2) is 60.2 Å². The molecule has 4 amide bonds. The van der Waals surface area contributed by atoms with Crippen LogP contribution in [0.1, 0.15) is 29.2 Å². The molecule has 1 saturated heterocycles. The molecular formula is C27H21Cl3N2O4. The van der Waals surface area contributed by atoms with Gasteiger partial charge in [-0.2, -0.15) is 0 Å². The number of imide groups is 2. The van der Waals surface area contributed by atoms with Crippen LogP contribution in [0.5, 0.6) is 5.75 Å². The molecule has 0 saturated carbocycles. The van der Waals surface area contributed by atoms with Gasteiger partial charge in [0.15, 0.2) is 0 Å². The number of hydrogen-bond donors (Lipinski definition) is 1. The van der Waals surface area contributed by atoms with Crippen molar-refractivity contribution in [2.24, 2.45) is 0 Å². The van der Waals surface area contributed by atoms with Gasteiger partial charge >= 0.3 is 6.03 Å². The molecule has 1 fully saturated rings. The second-order valence-electron chi connectivity index (χ2n) is 8.02. The van der Waals surface area contributed by atoms with Crippen LogP contribution < -0.4 is 15.0 Å². The van der Waals surface area contributed by atoms with Crippen LogP contribution in [0, 0.1) is 6.92 Å². The molecule has 0 spiro atoms. The maximum Gasteiger partial charge on any atom is 0.335 e. The lowest BCUT2D eigenvalue weighted by Gasteiger charge is -2.27. The van der Waals surface area contributed by atoms with Crippen LogP contribution in [0.2, 0.25) is 15.1 Å². The van der Waals surface area contributed by atoms with Gasteiger partial charge < -0.3 is 4.74 Å². The minimum atomic E-state index is -0.851. The predicted octanol–water partition coefficient (Wildman–Crippen LogP) is 6.61.